The van der Waals surface area contributed by atoms with E-state index in [0.29, 0.717) is 12.1 Å². The van der Waals surface area contributed by atoms with Crippen molar-refractivity contribution in [3.8, 4) is 0 Å². The van der Waals surface area contributed by atoms with Crippen LogP contribution in [0.15, 0.2) is 12.3 Å². The Hall–Kier alpha value is -0.870. The molecule has 0 spiro atoms. The Morgan fingerprint density at radius 3 is 2.62 bits per heavy atom. The zero-order valence-electron chi connectivity index (χ0n) is 14.6. The van der Waals surface area contributed by atoms with E-state index in [1.807, 2.05) is 0 Å². The third-order valence-corrected chi connectivity index (χ3v) is 4.42. The van der Waals surface area contributed by atoms with Gasteiger partial charge in [0.1, 0.15) is 0 Å². The first-order chi connectivity index (χ1) is 9.78. The Labute approximate surface area is 129 Å². The lowest BCUT2D eigenvalue weighted by atomic mass is 9.93. The molecule has 4 nitrogen and oxygen atoms in total. The standard InChI is InChI=1S/C17H32N4/c1-13(2)9-16-11-20(17(5,6)12-18-16)10-15-7-8-21(19-15)14(3)4/h7-8,13-14,16,18H,9-12H2,1-6H3. The number of nitrogens with zero attached hydrogens (tertiary/aromatic N) is 3. The van der Waals surface area contributed by atoms with Crippen LogP contribution in [0.25, 0.3) is 0 Å². The first-order valence-electron chi connectivity index (χ1n) is 8.30. The number of aromatic nitrogens is 2. The molecule has 0 bridgehead atoms. The number of hydrogen-bond donors (Lipinski definition) is 1. The van der Waals surface area contributed by atoms with Crippen molar-refractivity contribution in [2.75, 3.05) is 13.1 Å². The highest BCUT2D eigenvalue weighted by Crippen LogP contribution is 2.23. The van der Waals surface area contributed by atoms with E-state index in [1.165, 1.54) is 12.1 Å². The molecule has 0 radical (unpaired) electrons. The molecule has 2 heterocycles. The lowest BCUT2D eigenvalue weighted by Crippen LogP contribution is -2.61. The van der Waals surface area contributed by atoms with E-state index in [4.69, 9.17) is 5.10 Å². The maximum absolute atomic E-state index is 4.71. The molecule has 2 rings (SSSR count). The average Bonchev–Trinajstić information content (AvgIpc) is 2.82. The molecular formula is C17H32N4. The van der Waals surface area contributed by atoms with E-state index in [1.54, 1.807) is 0 Å². The van der Waals surface area contributed by atoms with Gasteiger partial charge in [0.2, 0.25) is 0 Å². The van der Waals surface area contributed by atoms with Crippen LogP contribution < -0.4 is 5.32 Å². The molecule has 1 aromatic rings. The topological polar surface area (TPSA) is 33.1 Å². The van der Waals surface area contributed by atoms with Crippen molar-refractivity contribution >= 4 is 0 Å². The van der Waals surface area contributed by atoms with Crippen molar-refractivity contribution in [2.45, 2.75) is 72.1 Å². The van der Waals surface area contributed by atoms with E-state index < -0.39 is 0 Å². The summed E-state index contributed by atoms with van der Waals surface area (Å²) in [6.45, 7) is 16.7. The number of rotatable bonds is 5. The van der Waals surface area contributed by atoms with Crippen LogP contribution in [0.4, 0.5) is 0 Å². The Morgan fingerprint density at radius 2 is 2.05 bits per heavy atom. The van der Waals surface area contributed by atoms with Crippen molar-refractivity contribution in [1.29, 1.82) is 0 Å². The van der Waals surface area contributed by atoms with Crippen LogP contribution in [0.1, 0.15) is 59.7 Å². The predicted molar refractivity (Wildman–Crippen MR) is 88.3 cm³/mol. The minimum Gasteiger partial charge on any atom is -0.311 e. The van der Waals surface area contributed by atoms with Crippen LogP contribution in [0.3, 0.4) is 0 Å². The summed E-state index contributed by atoms with van der Waals surface area (Å²) in [5.74, 6) is 0.741. The van der Waals surface area contributed by atoms with Crippen LogP contribution in [-0.4, -0.2) is 39.4 Å². The minimum atomic E-state index is 0.190. The molecule has 120 valence electrons. The lowest BCUT2D eigenvalue weighted by molar-refractivity contribution is 0.0522. The Morgan fingerprint density at radius 1 is 1.33 bits per heavy atom. The van der Waals surface area contributed by atoms with Gasteiger partial charge >= 0.3 is 0 Å². The molecule has 21 heavy (non-hydrogen) atoms. The van der Waals surface area contributed by atoms with Gasteiger partial charge in [-0.15, -0.1) is 0 Å². The molecular weight excluding hydrogens is 260 g/mol. The van der Waals surface area contributed by atoms with E-state index in [-0.39, 0.29) is 5.54 Å². The molecule has 0 amide bonds. The maximum Gasteiger partial charge on any atom is 0.0765 e. The van der Waals surface area contributed by atoms with Gasteiger partial charge in [-0.25, -0.2) is 0 Å². The van der Waals surface area contributed by atoms with Gasteiger partial charge in [-0.2, -0.15) is 5.10 Å². The Kier molecular flexibility index (Phi) is 5.10. The van der Waals surface area contributed by atoms with Gasteiger partial charge in [-0.1, -0.05) is 13.8 Å². The zero-order chi connectivity index (χ0) is 15.6. The van der Waals surface area contributed by atoms with E-state index in [9.17, 15) is 0 Å². The van der Waals surface area contributed by atoms with Gasteiger partial charge in [0, 0.05) is 43.5 Å². The van der Waals surface area contributed by atoms with Gasteiger partial charge in [0.15, 0.2) is 0 Å². The summed E-state index contributed by atoms with van der Waals surface area (Å²) in [4.78, 5) is 2.59. The summed E-state index contributed by atoms with van der Waals surface area (Å²) in [7, 11) is 0. The third kappa shape index (κ3) is 4.30. The number of piperazine rings is 1. The molecule has 1 aromatic heterocycles. The van der Waals surface area contributed by atoms with Crippen molar-refractivity contribution in [3.63, 3.8) is 0 Å². The van der Waals surface area contributed by atoms with Gasteiger partial charge in [0.05, 0.1) is 5.69 Å². The van der Waals surface area contributed by atoms with Gasteiger partial charge in [-0.3, -0.25) is 9.58 Å². The second-order valence-electron chi connectivity index (χ2n) is 7.78. The van der Waals surface area contributed by atoms with E-state index in [0.717, 1.165) is 25.6 Å². The normalized spacial score (nSPS) is 23.1. The lowest BCUT2D eigenvalue weighted by Gasteiger charge is -2.46. The molecule has 0 aromatic carbocycles. The second-order valence-corrected chi connectivity index (χ2v) is 7.78. The maximum atomic E-state index is 4.71. The number of hydrogen-bond acceptors (Lipinski definition) is 3. The third-order valence-electron chi connectivity index (χ3n) is 4.42. The fourth-order valence-electron chi connectivity index (χ4n) is 3.03. The summed E-state index contributed by atoms with van der Waals surface area (Å²) in [5.41, 5.74) is 1.37. The summed E-state index contributed by atoms with van der Waals surface area (Å²) in [5, 5.41) is 8.42. The van der Waals surface area contributed by atoms with Crippen LogP contribution >= 0.6 is 0 Å². The predicted octanol–water partition coefficient (Wildman–Crippen LogP) is 3.06. The fourth-order valence-corrected chi connectivity index (χ4v) is 3.03. The quantitative estimate of drug-likeness (QED) is 0.905. The monoisotopic (exact) mass is 292 g/mol. The van der Waals surface area contributed by atoms with Crippen molar-refractivity contribution in [1.82, 2.24) is 20.0 Å². The van der Waals surface area contributed by atoms with E-state index >= 15 is 0 Å². The highest BCUT2D eigenvalue weighted by molar-refractivity contribution is 5.03. The van der Waals surface area contributed by atoms with Crippen LogP contribution in [-0.2, 0) is 6.54 Å². The SMILES string of the molecule is CC(C)CC1CN(Cc2ccn(C(C)C)n2)C(C)(C)CN1. The molecule has 1 unspecified atom stereocenters. The molecule has 1 aliphatic rings. The summed E-state index contributed by atoms with van der Waals surface area (Å²) >= 11 is 0. The molecule has 0 saturated carbocycles. The largest absolute Gasteiger partial charge is 0.311 e. The first kappa shape index (κ1) is 16.5. The summed E-state index contributed by atoms with van der Waals surface area (Å²) in [6, 6.07) is 3.20. The van der Waals surface area contributed by atoms with E-state index in [2.05, 4.69) is 68.7 Å². The fraction of sp³-hybridized carbons (Fsp3) is 0.824. The Bertz CT molecular complexity index is 447. The van der Waals surface area contributed by atoms with Crippen LogP contribution in [0, 0.1) is 5.92 Å². The molecule has 4 heteroatoms. The van der Waals surface area contributed by atoms with Gasteiger partial charge in [0.25, 0.3) is 0 Å². The first-order valence-corrected chi connectivity index (χ1v) is 8.30. The Balaban J connectivity index is 2.03. The number of nitrogens with one attached hydrogen (secondary N) is 1. The summed E-state index contributed by atoms with van der Waals surface area (Å²) < 4.78 is 2.05. The molecule has 0 aliphatic carbocycles. The van der Waals surface area contributed by atoms with Crippen molar-refractivity contribution in [3.05, 3.63) is 18.0 Å². The molecule has 1 atom stereocenters. The highest BCUT2D eigenvalue weighted by Gasteiger charge is 2.34. The van der Waals surface area contributed by atoms with Crippen LogP contribution in [0.2, 0.25) is 0 Å². The van der Waals surface area contributed by atoms with Gasteiger partial charge < -0.3 is 5.32 Å². The van der Waals surface area contributed by atoms with Crippen molar-refractivity contribution < 1.29 is 0 Å². The zero-order valence-corrected chi connectivity index (χ0v) is 14.6. The minimum absolute atomic E-state index is 0.190. The molecule has 1 aliphatic heterocycles. The molecule has 1 N–H and O–H groups in total. The van der Waals surface area contributed by atoms with Gasteiger partial charge in [-0.05, 0) is 46.1 Å². The van der Waals surface area contributed by atoms with Crippen LogP contribution in [0.5, 0.6) is 0 Å². The molecule has 1 saturated heterocycles. The highest BCUT2D eigenvalue weighted by atomic mass is 15.3. The average molecular weight is 292 g/mol. The molecule has 1 fully saturated rings. The smallest absolute Gasteiger partial charge is 0.0765 e. The van der Waals surface area contributed by atoms with Crippen molar-refractivity contribution in [2.24, 2.45) is 5.92 Å². The second kappa shape index (κ2) is 6.49. The summed E-state index contributed by atoms with van der Waals surface area (Å²) in [6.07, 6.45) is 3.34.